The maximum atomic E-state index is 4.58. The molecule has 0 aromatic heterocycles. The summed E-state index contributed by atoms with van der Waals surface area (Å²) in [5.74, 6) is 0.896. The lowest BCUT2D eigenvalue weighted by Crippen LogP contribution is -2.06. The van der Waals surface area contributed by atoms with Crippen LogP contribution in [0.3, 0.4) is 0 Å². The maximum Gasteiger partial charge on any atom is 0.103 e. The van der Waals surface area contributed by atoms with Crippen LogP contribution in [0.5, 0.6) is 0 Å². The summed E-state index contributed by atoms with van der Waals surface area (Å²) in [5.41, 5.74) is 4.52. The van der Waals surface area contributed by atoms with Gasteiger partial charge in [0.1, 0.15) is 5.84 Å². The van der Waals surface area contributed by atoms with Crippen LogP contribution < -0.4 is 5.32 Å². The van der Waals surface area contributed by atoms with Gasteiger partial charge in [0.15, 0.2) is 0 Å². The Labute approximate surface area is 108 Å². The van der Waals surface area contributed by atoms with E-state index >= 15 is 0 Å². The van der Waals surface area contributed by atoms with Crippen LogP contribution in [0.2, 0.25) is 0 Å². The molecular weight excluding hydrogens is 220 g/mol. The lowest BCUT2D eigenvalue weighted by molar-refractivity contribution is 1.38. The molecule has 2 heteroatoms. The first kappa shape index (κ1) is 12.4. The van der Waals surface area contributed by atoms with Crippen LogP contribution in [0.15, 0.2) is 53.5 Å². The Balaban J connectivity index is 2.15. The molecule has 2 rings (SSSR count). The van der Waals surface area contributed by atoms with E-state index in [0.29, 0.717) is 0 Å². The van der Waals surface area contributed by atoms with Crippen LogP contribution in [0.1, 0.15) is 18.1 Å². The third-order valence-electron chi connectivity index (χ3n) is 2.78. The predicted octanol–water partition coefficient (Wildman–Crippen LogP) is 4.47. The minimum Gasteiger partial charge on any atom is -0.344 e. The number of aliphatic imine (C=N–C) groups is 1. The van der Waals surface area contributed by atoms with E-state index in [0.717, 1.165) is 17.2 Å². The fourth-order valence-electron chi connectivity index (χ4n) is 1.74. The molecule has 0 bridgehead atoms. The monoisotopic (exact) mass is 238 g/mol. The molecule has 0 saturated carbocycles. The van der Waals surface area contributed by atoms with Crippen LogP contribution in [-0.4, -0.2) is 5.84 Å². The van der Waals surface area contributed by atoms with Gasteiger partial charge in [-0.15, -0.1) is 0 Å². The van der Waals surface area contributed by atoms with Crippen LogP contribution in [0.4, 0.5) is 11.4 Å². The molecule has 0 aliphatic rings. The first-order valence-electron chi connectivity index (χ1n) is 6.10. The van der Waals surface area contributed by atoms with Crippen molar-refractivity contribution in [2.45, 2.75) is 20.8 Å². The number of para-hydroxylation sites is 1. The van der Waals surface area contributed by atoms with E-state index in [9.17, 15) is 0 Å². The number of aryl methyl sites for hydroxylation is 2. The Bertz CT molecular complexity index is 554. The van der Waals surface area contributed by atoms with Gasteiger partial charge in [-0.2, -0.15) is 0 Å². The molecule has 0 heterocycles. The van der Waals surface area contributed by atoms with E-state index in [1.165, 1.54) is 11.1 Å². The molecule has 2 aromatic carbocycles. The van der Waals surface area contributed by atoms with E-state index in [1.54, 1.807) is 0 Å². The van der Waals surface area contributed by atoms with Gasteiger partial charge in [-0.3, -0.25) is 0 Å². The van der Waals surface area contributed by atoms with Crippen molar-refractivity contribution in [2.75, 3.05) is 5.32 Å². The predicted molar refractivity (Wildman–Crippen MR) is 78.7 cm³/mol. The fraction of sp³-hybridized carbons (Fsp3) is 0.188. The lowest BCUT2D eigenvalue weighted by Gasteiger charge is -2.07. The van der Waals surface area contributed by atoms with Crippen molar-refractivity contribution in [1.82, 2.24) is 0 Å². The first-order chi connectivity index (χ1) is 8.65. The molecular formula is C16H18N2. The van der Waals surface area contributed by atoms with Gasteiger partial charge >= 0.3 is 0 Å². The van der Waals surface area contributed by atoms with Crippen molar-refractivity contribution in [3.63, 3.8) is 0 Å². The van der Waals surface area contributed by atoms with Crippen LogP contribution in [0.25, 0.3) is 0 Å². The topological polar surface area (TPSA) is 24.4 Å². The highest BCUT2D eigenvalue weighted by molar-refractivity contribution is 5.95. The minimum absolute atomic E-state index is 0.896. The number of nitrogens with one attached hydrogen (secondary N) is 1. The lowest BCUT2D eigenvalue weighted by atomic mass is 10.2. The van der Waals surface area contributed by atoms with Crippen LogP contribution >= 0.6 is 0 Å². The van der Waals surface area contributed by atoms with Crippen molar-refractivity contribution < 1.29 is 0 Å². The van der Waals surface area contributed by atoms with Gasteiger partial charge in [0, 0.05) is 5.69 Å². The molecule has 18 heavy (non-hydrogen) atoms. The largest absolute Gasteiger partial charge is 0.344 e. The zero-order chi connectivity index (χ0) is 13.0. The first-order valence-corrected chi connectivity index (χ1v) is 6.10. The Morgan fingerprint density at radius 1 is 0.944 bits per heavy atom. The highest BCUT2D eigenvalue weighted by Crippen LogP contribution is 2.18. The average Bonchev–Trinajstić information content (AvgIpc) is 2.35. The van der Waals surface area contributed by atoms with Crippen molar-refractivity contribution in [3.05, 3.63) is 59.7 Å². The molecule has 2 nitrogen and oxygen atoms in total. The Morgan fingerprint density at radius 2 is 1.61 bits per heavy atom. The summed E-state index contributed by atoms with van der Waals surface area (Å²) >= 11 is 0. The van der Waals surface area contributed by atoms with Crippen molar-refractivity contribution in [3.8, 4) is 0 Å². The van der Waals surface area contributed by atoms with Gasteiger partial charge in [-0.05, 0) is 44.5 Å². The molecule has 92 valence electrons. The molecule has 0 radical (unpaired) electrons. The molecule has 0 unspecified atom stereocenters. The van der Waals surface area contributed by atoms with Crippen LogP contribution in [-0.2, 0) is 0 Å². The van der Waals surface area contributed by atoms with Gasteiger partial charge in [0.05, 0.1) is 5.69 Å². The average molecular weight is 238 g/mol. The number of amidine groups is 1. The normalized spacial score (nSPS) is 11.4. The summed E-state index contributed by atoms with van der Waals surface area (Å²) < 4.78 is 0. The third-order valence-corrected chi connectivity index (χ3v) is 2.78. The summed E-state index contributed by atoms with van der Waals surface area (Å²) in [4.78, 5) is 4.58. The summed E-state index contributed by atoms with van der Waals surface area (Å²) in [6.07, 6.45) is 0. The fourth-order valence-corrected chi connectivity index (χ4v) is 1.74. The maximum absolute atomic E-state index is 4.58. The minimum atomic E-state index is 0.896. The zero-order valence-corrected chi connectivity index (χ0v) is 11.1. The molecule has 0 spiro atoms. The number of hydrogen-bond acceptors (Lipinski definition) is 1. The molecule has 0 aliphatic carbocycles. The summed E-state index contributed by atoms with van der Waals surface area (Å²) in [5, 5.41) is 3.29. The van der Waals surface area contributed by atoms with Crippen molar-refractivity contribution in [1.29, 1.82) is 0 Å². The third kappa shape index (κ3) is 3.20. The van der Waals surface area contributed by atoms with Crippen molar-refractivity contribution in [2.24, 2.45) is 4.99 Å². The van der Waals surface area contributed by atoms with Gasteiger partial charge in [0.25, 0.3) is 0 Å². The highest BCUT2D eigenvalue weighted by atomic mass is 15.0. The Morgan fingerprint density at radius 3 is 2.28 bits per heavy atom. The van der Waals surface area contributed by atoms with E-state index in [4.69, 9.17) is 0 Å². The van der Waals surface area contributed by atoms with Gasteiger partial charge < -0.3 is 5.32 Å². The van der Waals surface area contributed by atoms with E-state index in [-0.39, 0.29) is 0 Å². The summed E-state index contributed by atoms with van der Waals surface area (Å²) in [6, 6.07) is 16.4. The summed E-state index contributed by atoms with van der Waals surface area (Å²) in [7, 11) is 0. The van der Waals surface area contributed by atoms with Crippen LogP contribution in [0, 0.1) is 13.8 Å². The van der Waals surface area contributed by atoms with Gasteiger partial charge in [0.2, 0.25) is 0 Å². The number of benzene rings is 2. The number of nitrogens with zero attached hydrogens (tertiary/aromatic N) is 1. The number of anilines is 1. The molecule has 0 aliphatic heterocycles. The van der Waals surface area contributed by atoms with Gasteiger partial charge in [-0.1, -0.05) is 35.9 Å². The molecule has 0 fully saturated rings. The highest BCUT2D eigenvalue weighted by Gasteiger charge is 1.97. The Kier molecular flexibility index (Phi) is 3.78. The Hall–Kier alpha value is -2.09. The second kappa shape index (κ2) is 5.50. The smallest absolute Gasteiger partial charge is 0.103 e. The second-order valence-electron chi connectivity index (χ2n) is 4.47. The molecule has 2 aromatic rings. The van der Waals surface area contributed by atoms with E-state index in [2.05, 4.69) is 54.5 Å². The quantitative estimate of drug-likeness (QED) is 0.606. The van der Waals surface area contributed by atoms with E-state index < -0.39 is 0 Å². The standard InChI is InChI=1S/C16H18N2/c1-12-8-10-15(11-9-12)17-14(3)18-16-7-5-4-6-13(16)2/h4-11H,1-3H3,(H,17,18). The SMILES string of the molecule is CC(=Nc1ccccc1C)Nc1ccc(C)cc1. The molecule has 0 amide bonds. The van der Waals surface area contributed by atoms with E-state index in [1.807, 2.05) is 25.1 Å². The molecule has 1 N–H and O–H groups in total. The van der Waals surface area contributed by atoms with Crippen molar-refractivity contribution >= 4 is 17.2 Å². The second-order valence-corrected chi connectivity index (χ2v) is 4.47. The molecule has 0 saturated heterocycles. The zero-order valence-electron chi connectivity index (χ0n) is 11.1. The number of rotatable bonds is 2. The van der Waals surface area contributed by atoms with Gasteiger partial charge in [-0.25, -0.2) is 4.99 Å². The molecule has 0 atom stereocenters. The summed E-state index contributed by atoms with van der Waals surface area (Å²) in [6.45, 7) is 6.13. The number of hydrogen-bond donors (Lipinski definition) is 1.